The van der Waals surface area contributed by atoms with E-state index in [0.717, 1.165) is 6.07 Å². The first-order chi connectivity index (χ1) is 21.4. The zero-order valence-electron chi connectivity index (χ0n) is 22.7. The van der Waals surface area contributed by atoms with Crippen LogP contribution >= 0.6 is 0 Å². The summed E-state index contributed by atoms with van der Waals surface area (Å²) in [6.07, 6.45) is -4.88. The summed E-state index contributed by atoms with van der Waals surface area (Å²) in [5.41, 5.74) is -3.40. The molecule has 0 spiro atoms. The number of fused-ring (bicyclic) bond motifs is 2. The Morgan fingerprint density at radius 1 is 0.689 bits per heavy atom. The monoisotopic (exact) mass is 598 g/mol. The van der Waals surface area contributed by atoms with Crippen LogP contribution in [0.4, 0.5) is 22.0 Å². The average Bonchev–Trinajstić information content (AvgIpc) is 3.48. The van der Waals surface area contributed by atoms with E-state index in [1.165, 1.54) is 24.3 Å². The third kappa shape index (κ3) is 4.50. The Hall–Kier alpha value is -6.79. The van der Waals surface area contributed by atoms with Gasteiger partial charge in [-0.05, 0) is 70.2 Å². The summed E-state index contributed by atoms with van der Waals surface area (Å²) >= 11 is 0. The van der Waals surface area contributed by atoms with Crippen molar-refractivity contribution < 1.29 is 22.0 Å². The van der Waals surface area contributed by atoms with E-state index in [1.54, 1.807) is 25.1 Å². The second-order valence-electron chi connectivity index (χ2n) is 9.71. The van der Waals surface area contributed by atoms with Gasteiger partial charge in [-0.15, -0.1) is 0 Å². The van der Waals surface area contributed by atoms with E-state index >= 15 is 8.78 Å². The molecular weight excluding hydrogens is 587 g/mol. The molecule has 0 aromatic heterocycles. The quantitative estimate of drug-likeness (QED) is 0.168. The van der Waals surface area contributed by atoms with Crippen molar-refractivity contribution in [3.63, 3.8) is 0 Å². The van der Waals surface area contributed by atoms with Gasteiger partial charge in [0, 0.05) is 22.3 Å². The summed E-state index contributed by atoms with van der Waals surface area (Å²) in [4.78, 5) is 10.1. The topological polar surface area (TPSA) is 84.5 Å². The van der Waals surface area contributed by atoms with Gasteiger partial charge in [0.2, 0.25) is 5.70 Å². The Bertz CT molecular complexity index is 2260. The van der Waals surface area contributed by atoms with Crippen LogP contribution in [0.2, 0.25) is 0 Å². The van der Waals surface area contributed by atoms with Crippen molar-refractivity contribution >= 4 is 33.6 Å². The van der Waals surface area contributed by atoms with Crippen molar-refractivity contribution in [3.05, 3.63) is 150 Å². The fraction of sp³-hybridized carbons (Fsp3) is 0.0588. The maximum absolute atomic E-state index is 15.3. The molecule has 2 aliphatic carbocycles. The Morgan fingerprint density at radius 2 is 1.22 bits per heavy atom. The van der Waals surface area contributed by atoms with Crippen LogP contribution in [0.3, 0.4) is 0 Å². The molecule has 0 amide bonds. The third-order valence-electron chi connectivity index (χ3n) is 7.30. The summed E-state index contributed by atoms with van der Waals surface area (Å²) in [6.45, 7) is 24.8. The molecule has 5 rings (SSSR count). The molecule has 0 bridgehead atoms. The molecule has 2 aliphatic rings. The normalized spacial score (nSPS) is 15.6. The molecule has 3 aromatic carbocycles. The van der Waals surface area contributed by atoms with Gasteiger partial charge in [-0.1, -0.05) is 24.3 Å². The number of hydrogen-bond donors (Lipinski definition) is 0. The molecule has 11 heteroatoms. The molecule has 0 fully saturated rings. The molecule has 0 heterocycles. The fourth-order valence-electron chi connectivity index (χ4n) is 5.44. The number of allylic oxidation sites excluding steroid dienone is 7. The van der Waals surface area contributed by atoms with Crippen molar-refractivity contribution in [2.75, 3.05) is 0 Å². The first-order valence-electron chi connectivity index (χ1n) is 12.6. The number of halogens is 5. The minimum atomic E-state index is -4.88. The number of nitrogens with zero attached hydrogens (tertiary/aromatic N) is 6. The maximum atomic E-state index is 15.3. The van der Waals surface area contributed by atoms with Crippen molar-refractivity contribution in [2.24, 2.45) is 0 Å². The lowest BCUT2D eigenvalue weighted by Gasteiger charge is -2.13. The summed E-state index contributed by atoms with van der Waals surface area (Å²) in [5.74, 6) is -2.10. The lowest BCUT2D eigenvalue weighted by Crippen LogP contribution is -2.06. The minimum absolute atomic E-state index is 0.00618. The van der Waals surface area contributed by atoms with Crippen LogP contribution in [0.15, 0.2) is 59.9 Å². The van der Waals surface area contributed by atoms with Gasteiger partial charge in [-0.25, -0.2) is 33.8 Å². The van der Waals surface area contributed by atoms with Crippen LogP contribution in [0.1, 0.15) is 44.5 Å². The molecule has 6 nitrogen and oxygen atoms in total. The molecular formula is C34H11F5N6. The second-order valence-corrected chi connectivity index (χ2v) is 9.71. The van der Waals surface area contributed by atoms with Gasteiger partial charge in [0.1, 0.15) is 17.7 Å². The zero-order valence-corrected chi connectivity index (χ0v) is 22.7. The fourth-order valence-corrected chi connectivity index (χ4v) is 5.44. The number of rotatable bonds is 2. The Morgan fingerprint density at radius 3 is 1.73 bits per heavy atom. The van der Waals surface area contributed by atoms with Crippen molar-refractivity contribution in [2.45, 2.75) is 13.1 Å². The summed E-state index contributed by atoms with van der Waals surface area (Å²) < 4.78 is 70.5. The van der Waals surface area contributed by atoms with Crippen LogP contribution in [0, 0.1) is 72.3 Å². The molecule has 0 unspecified atom stereocenters. The number of benzene rings is 3. The highest BCUT2D eigenvalue weighted by Crippen LogP contribution is 2.55. The molecule has 0 atom stereocenters. The van der Waals surface area contributed by atoms with E-state index < -0.39 is 40.3 Å². The van der Waals surface area contributed by atoms with Crippen molar-refractivity contribution in [3.8, 4) is 18.2 Å². The standard InChI is InChI=1S/C34H11F5N6/c1-16-5-7-19(25(35)9-16)32-31(28(15-42)44-3)22-11-20-21(12-23(22)33(32)45-4)30(27(14-41)43-2)29(24(20)13-40)18-8-6-17(10-26(18)36)34(37,38)39/h5-12H,1H3/b30-27+,31-28?. The Labute approximate surface area is 252 Å². The smallest absolute Gasteiger partial charge is 0.237 e. The number of alkyl halides is 3. The van der Waals surface area contributed by atoms with Gasteiger partial charge < -0.3 is 0 Å². The maximum Gasteiger partial charge on any atom is 0.416 e. The molecule has 0 saturated heterocycles. The van der Waals surface area contributed by atoms with Gasteiger partial charge in [-0.2, -0.15) is 18.4 Å². The molecule has 0 saturated carbocycles. The largest absolute Gasteiger partial charge is 0.416 e. The van der Waals surface area contributed by atoms with Gasteiger partial charge in [0.25, 0.3) is 11.4 Å². The lowest BCUT2D eigenvalue weighted by atomic mass is 9.91. The van der Waals surface area contributed by atoms with Crippen LogP contribution in [0.25, 0.3) is 48.1 Å². The molecule has 0 N–H and O–H groups in total. The third-order valence-corrected chi connectivity index (χ3v) is 7.30. The number of aryl methyl sites for hydroxylation is 1. The average molecular weight is 598 g/mol. The van der Waals surface area contributed by atoms with Gasteiger partial charge in [0.15, 0.2) is 0 Å². The van der Waals surface area contributed by atoms with E-state index in [1.807, 2.05) is 6.07 Å². The zero-order chi connectivity index (χ0) is 32.8. The molecule has 212 valence electrons. The minimum Gasteiger partial charge on any atom is -0.237 e. The van der Waals surface area contributed by atoms with Crippen LogP contribution in [-0.2, 0) is 6.18 Å². The molecule has 0 aliphatic heterocycles. The van der Waals surface area contributed by atoms with Gasteiger partial charge in [-0.3, -0.25) is 0 Å². The second kappa shape index (κ2) is 10.8. The number of nitriles is 3. The Kier molecular flexibility index (Phi) is 7.13. The predicted molar refractivity (Wildman–Crippen MR) is 153 cm³/mol. The summed E-state index contributed by atoms with van der Waals surface area (Å²) in [5, 5.41) is 29.9. The van der Waals surface area contributed by atoms with E-state index in [0.29, 0.717) is 11.6 Å². The van der Waals surface area contributed by atoms with Crippen molar-refractivity contribution in [1.29, 1.82) is 15.8 Å². The van der Waals surface area contributed by atoms with Crippen molar-refractivity contribution in [1.82, 2.24) is 0 Å². The van der Waals surface area contributed by atoms with Gasteiger partial charge in [0.05, 0.1) is 43.0 Å². The highest BCUT2D eigenvalue weighted by atomic mass is 19.4. The predicted octanol–water partition coefficient (Wildman–Crippen LogP) is 8.85. The van der Waals surface area contributed by atoms with Crippen LogP contribution in [0.5, 0.6) is 0 Å². The van der Waals surface area contributed by atoms with E-state index in [-0.39, 0.29) is 67.4 Å². The Balaban J connectivity index is 1.92. The first kappa shape index (κ1) is 29.7. The molecule has 0 radical (unpaired) electrons. The SMILES string of the molecule is [C-]#[N+]C(C#N)=C1C(c2ccc(C)cc2F)=C([N+]#[C-])c2cc3c(cc21)C(C#N)=C(c1ccc(C(F)(F)F)cc1F)/C3=C(\C#N)[N+]#[C-]. The summed E-state index contributed by atoms with van der Waals surface area (Å²) in [7, 11) is 0. The lowest BCUT2D eigenvalue weighted by molar-refractivity contribution is -0.137. The van der Waals surface area contributed by atoms with Gasteiger partial charge >= 0.3 is 6.18 Å². The van der Waals surface area contributed by atoms with E-state index in [2.05, 4.69) is 14.5 Å². The van der Waals surface area contributed by atoms with Crippen LogP contribution < -0.4 is 0 Å². The summed E-state index contributed by atoms with van der Waals surface area (Å²) in [6, 6.07) is 13.8. The number of hydrogen-bond acceptors (Lipinski definition) is 3. The van der Waals surface area contributed by atoms with Crippen LogP contribution in [-0.4, -0.2) is 0 Å². The van der Waals surface area contributed by atoms with E-state index in [4.69, 9.17) is 19.7 Å². The highest BCUT2D eigenvalue weighted by Gasteiger charge is 2.39. The molecule has 3 aromatic rings. The molecule has 45 heavy (non-hydrogen) atoms. The first-order valence-corrected chi connectivity index (χ1v) is 12.6. The van der Waals surface area contributed by atoms with E-state index in [9.17, 15) is 29.0 Å². The highest BCUT2D eigenvalue weighted by molar-refractivity contribution is 6.29.